The predicted octanol–water partition coefficient (Wildman–Crippen LogP) is 2.31. The number of amides is 1. The van der Waals surface area contributed by atoms with Crippen molar-refractivity contribution in [2.75, 3.05) is 11.9 Å². The van der Waals surface area contributed by atoms with Gasteiger partial charge in [0.1, 0.15) is 17.5 Å². The molecule has 1 aromatic heterocycles. The number of aromatic nitrogens is 1. The van der Waals surface area contributed by atoms with E-state index in [0.29, 0.717) is 11.4 Å². The minimum absolute atomic E-state index is 0. The van der Waals surface area contributed by atoms with Crippen molar-refractivity contribution in [2.45, 2.75) is 19.4 Å². The lowest BCUT2D eigenvalue weighted by atomic mass is 10.1. The number of rotatable bonds is 4. The number of carbonyl (C=O) groups excluding carboxylic acids is 1. The van der Waals surface area contributed by atoms with Gasteiger partial charge in [0.15, 0.2) is 0 Å². The van der Waals surface area contributed by atoms with Gasteiger partial charge in [-0.05, 0) is 42.7 Å². The van der Waals surface area contributed by atoms with Crippen LogP contribution in [0.4, 0.5) is 14.6 Å². The lowest BCUT2D eigenvalue weighted by molar-refractivity contribution is -0.119. The molecular weight excluding hydrogens is 320 g/mol. The van der Waals surface area contributed by atoms with Gasteiger partial charge in [-0.15, -0.1) is 0 Å². The Balaban J connectivity index is 0.00000264. The molecular formula is C16H19F2N3OS. The summed E-state index contributed by atoms with van der Waals surface area (Å²) in [5.74, 6) is -1.29. The van der Waals surface area contributed by atoms with Gasteiger partial charge in [0.25, 0.3) is 0 Å². The number of carbonyl (C=O) groups is 1. The highest BCUT2D eigenvalue weighted by molar-refractivity contribution is 7.59. The molecule has 0 saturated carbocycles. The van der Waals surface area contributed by atoms with Crippen molar-refractivity contribution in [2.24, 2.45) is 5.73 Å². The molecule has 1 atom stereocenters. The quantitative estimate of drug-likeness (QED) is 0.930. The zero-order chi connectivity index (χ0) is 16.3. The number of anilines is 1. The van der Waals surface area contributed by atoms with Gasteiger partial charge < -0.3 is 5.73 Å². The lowest BCUT2D eigenvalue weighted by Crippen LogP contribution is -2.43. The second-order valence-corrected chi connectivity index (χ2v) is 5.18. The van der Waals surface area contributed by atoms with E-state index >= 15 is 0 Å². The molecule has 1 aromatic carbocycles. The van der Waals surface area contributed by atoms with E-state index in [9.17, 15) is 13.6 Å². The van der Waals surface area contributed by atoms with Crippen molar-refractivity contribution in [3.05, 3.63) is 59.3 Å². The summed E-state index contributed by atoms with van der Waals surface area (Å²) in [7, 11) is 1.56. The Morgan fingerprint density at radius 2 is 1.87 bits per heavy atom. The molecule has 0 unspecified atom stereocenters. The first kappa shape index (κ1) is 19.1. The SMILES string of the molecule is Cc1ccc(N(C)C(=O)[C@@H](N)Cc2cc(F)cc(F)c2)nc1.S. The maximum atomic E-state index is 13.2. The number of halogens is 2. The fraction of sp³-hybridized carbons (Fsp3) is 0.250. The molecule has 0 fully saturated rings. The molecule has 23 heavy (non-hydrogen) atoms. The summed E-state index contributed by atoms with van der Waals surface area (Å²) in [5.41, 5.74) is 7.17. The van der Waals surface area contributed by atoms with Gasteiger partial charge in [-0.3, -0.25) is 9.69 Å². The van der Waals surface area contributed by atoms with Gasteiger partial charge in [-0.25, -0.2) is 13.8 Å². The first-order chi connectivity index (χ1) is 10.4. The lowest BCUT2D eigenvalue weighted by Gasteiger charge is -2.20. The normalized spacial score (nSPS) is 11.5. The first-order valence-corrected chi connectivity index (χ1v) is 6.77. The zero-order valence-corrected chi connectivity index (χ0v) is 13.9. The van der Waals surface area contributed by atoms with Crippen molar-refractivity contribution in [3.63, 3.8) is 0 Å². The smallest absolute Gasteiger partial charge is 0.245 e. The van der Waals surface area contributed by atoms with Crippen molar-refractivity contribution in [1.29, 1.82) is 0 Å². The molecule has 2 N–H and O–H groups in total. The third-order valence-electron chi connectivity index (χ3n) is 3.27. The number of nitrogens with two attached hydrogens (primary N) is 1. The van der Waals surface area contributed by atoms with E-state index < -0.39 is 17.7 Å². The maximum Gasteiger partial charge on any atom is 0.245 e. The molecule has 0 aliphatic heterocycles. The summed E-state index contributed by atoms with van der Waals surface area (Å²) in [6.45, 7) is 1.89. The molecule has 124 valence electrons. The topological polar surface area (TPSA) is 59.2 Å². The second-order valence-electron chi connectivity index (χ2n) is 5.18. The number of hydrogen-bond donors (Lipinski definition) is 1. The molecule has 0 saturated heterocycles. The van der Waals surface area contributed by atoms with Crippen LogP contribution in [0.5, 0.6) is 0 Å². The van der Waals surface area contributed by atoms with Crippen LogP contribution in [0.25, 0.3) is 0 Å². The zero-order valence-electron chi connectivity index (χ0n) is 12.9. The Morgan fingerprint density at radius 3 is 2.39 bits per heavy atom. The molecule has 7 heteroatoms. The van der Waals surface area contributed by atoms with Crippen LogP contribution in [0, 0.1) is 18.6 Å². The predicted molar refractivity (Wildman–Crippen MR) is 90.8 cm³/mol. The fourth-order valence-corrected chi connectivity index (χ4v) is 2.09. The summed E-state index contributed by atoms with van der Waals surface area (Å²) < 4.78 is 26.3. The van der Waals surface area contributed by atoms with Gasteiger partial charge in [0.2, 0.25) is 5.91 Å². The third kappa shape index (κ3) is 5.01. The van der Waals surface area contributed by atoms with Crippen LogP contribution >= 0.6 is 13.5 Å². The number of hydrogen-bond acceptors (Lipinski definition) is 3. The maximum absolute atomic E-state index is 13.2. The van der Waals surface area contributed by atoms with E-state index in [4.69, 9.17) is 5.73 Å². The van der Waals surface area contributed by atoms with E-state index in [1.165, 1.54) is 17.0 Å². The van der Waals surface area contributed by atoms with Crippen molar-refractivity contribution in [3.8, 4) is 0 Å². The van der Waals surface area contributed by atoms with Crippen LogP contribution < -0.4 is 10.6 Å². The molecule has 0 spiro atoms. The van der Waals surface area contributed by atoms with Crippen LogP contribution in [0.15, 0.2) is 36.5 Å². The molecule has 0 aliphatic rings. The summed E-state index contributed by atoms with van der Waals surface area (Å²) >= 11 is 0. The van der Waals surface area contributed by atoms with Crippen molar-refractivity contribution in [1.82, 2.24) is 4.98 Å². The summed E-state index contributed by atoms with van der Waals surface area (Å²) in [6.07, 6.45) is 1.69. The van der Waals surface area contributed by atoms with Crippen LogP contribution in [0.3, 0.4) is 0 Å². The van der Waals surface area contributed by atoms with Crippen LogP contribution in [-0.2, 0) is 11.2 Å². The molecule has 0 aliphatic carbocycles. The number of pyridine rings is 1. The molecule has 0 bridgehead atoms. The average Bonchev–Trinajstić information content (AvgIpc) is 2.45. The monoisotopic (exact) mass is 339 g/mol. The second kappa shape index (κ2) is 8.03. The van der Waals surface area contributed by atoms with E-state index in [1.54, 1.807) is 19.3 Å². The standard InChI is InChI=1S/C16H17F2N3O.H2S/c1-10-3-4-15(20-9-10)21(2)16(22)14(19)7-11-5-12(17)8-13(18)6-11;/h3-6,8-9,14H,7,19H2,1-2H3;1H2/t14-;/m0./s1. The Bertz CT molecular complexity index is 659. The molecule has 1 amide bonds. The van der Waals surface area contributed by atoms with Crippen LogP contribution in [-0.4, -0.2) is 24.0 Å². The highest BCUT2D eigenvalue weighted by Gasteiger charge is 2.20. The van der Waals surface area contributed by atoms with Gasteiger partial charge >= 0.3 is 0 Å². The number of benzene rings is 1. The van der Waals surface area contributed by atoms with Crippen LogP contribution in [0.1, 0.15) is 11.1 Å². The van der Waals surface area contributed by atoms with Crippen molar-refractivity contribution < 1.29 is 13.6 Å². The van der Waals surface area contributed by atoms with Crippen molar-refractivity contribution >= 4 is 25.2 Å². The number of likely N-dealkylation sites (N-methyl/N-ethyl adjacent to an activating group) is 1. The van der Waals surface area contributed by atoms with Gasteiger partial charge in [-0.1, -0.05) is 6.07 Å². The summed E-state index contributed by atoms with van der Waals surface area (Å²) in [6, 6.07) is 5.75. The average molecular weight is 339 g/mol. The van der Waals surface area contributed by atoms with E-state index in [0.717, 1.165) is 11.6 Å². The third-order valence-corrected chi connectivity index (χ3v) is 3.27. The summed E-state index contributed by atoms with van der Waals surface area (Å²) in [5, 5.41) is 0. The van der Waals surface area contributed by atoms with E-state index in [-0.39, 0.29) is 25.8 Å². The minimum Gasteiger partial charge on any atom is -0.320 e. The van der Waals surface area contributed by atoms with E-state index in [2.05, 4.69) is 4.98 Å². The van der Waals surface area contributed by atoms with E-state index in [1.807, 2.05) is 13.0 Å². The van der Waals surface area contributed by atoms with Gasteiger partial charge in [-0.2, -0.15) is 13.5 Å². The number of aryl methyl sites for hydroxylation is 1. The van der Waals surface area contributed by atoms with Gasteiger partial charge in [0.05, 0.1) is 6.04 Å². The Hall–Kier alpha value is -1.99. The highest BCUT2D eigenvalue weighted by Crippen LogP contribution is 2.13. The molecule has 0 radical (unpaired) electrons. The minimum atomic E-state index is -0.908. The Kier molecular flexibility index (Phi) is 6.65. The molecule has 2 rings (SSSR count). The Morgan fingerprint density at radius 1 is 1.26 bits per heavy atom. The largest absolute Gasteiger partial charge is 0.320 e. The fourth-order valence-electron chi connectivity index (χ4n) is 2.09. The molecule has 4 nitrogen and oxygen atoms in total. The summed E-state index contributed by atoms with van der Waals surface area (Å²) in [4.78, 5) is 17.8. The number of nitrogens with zero attached hydrogens (tertiary/aromatic N) is 2. The Labute approximate surface area is 140 Å². The molecule has 2 aromatic rings. The highest BCUT2D eigenvalue weighted by atomic mass is 32.1. The first-order valence-electron chi connectivity index (χ1n) is 6.77. The van der Waals surface area contributed by atoms with Crippen LogP contribution in [0.2, 0.25) is 0 Å². The molecule has 1 heterocycles. The van der Waals surface area contributed by atoms with Gasteiger partial charge in [0, 0.05) is 19.3 Å².